The molecule has 5 nitrogen and oxygen atoms in total. The van der Waals surface area contributed by atoms with Gasteiger partial charge in [-0.15, -0.1) is 0 Å². The quantitative estimate of drug-likeness (QED) is 0.787. The number of rotatable bonds is 5. The number of aliphatic hydroxyl groups excluding tert-OH is 2. The van der Waals surface area contributed by atoms with E-state index < -0.39 is 6.10 Å². The summed E-state index contributed by atoms with van der Waals surface area (Å²) in [5.41, 5.74) is 1.09. The standard InChI is InChI=1S/C13H19NO4/c1-14(8-11(16)9-15)7-10-2-3-12-13(6-10)18-5-4-17-12/h2-3,6,11,15-16H,4-5,7-9H2,1H3. The van der Waals surface area contributed by atoms with Crippen molar-refractivity contribution in [3.8, 4) is 11.5 Å². The van der Waals surface area contributed by atoms with Gasteiger partial charge >= 0.3 is 0 Å². The normalized spacial score (nSPS) is 15.8. The number of benzene rings is 1. The predicted molar refractivity (Wildman–Crippen MR) is 66.9 cm³/mol. The summed E-state index contributed by atoms with van der Waals surface area (Å²) >= 11 is 0. The monoisotopic (exact) mass is 253 g/mol. The van der Waals surface area contributed by atoms with Crippen LogP contribution >= 0.6 is 0 Å². The molecule has 2 rings (SSSR count). The highest BCUT2D eigenvalue weighted by Gasteiger charge is 2.13. The Bertz CT molecular complexity index is 397. The molecule has 0 aliphatic carbocycles. The van der Waals surface area contributed by atoms with E-state index in [2.05, 4.69) is 0 Å². The molecule has 2 N–H and O–H groups in total. The molecule has 0 radical (unpaired) electrons. The van der Waals surface area contributed by atoms with Crippen LogP contribution in [0.4, 0.5) is 0 Å². The highest BCUT2D eigenvalue weighted by molar-refractivity contribution is 5.43. The summed E-state index contributed by atoms with van der Waals surface area (Å²) in [6.45, 7) is 2.08. The zero-order chi connectivity index (χ0) is 13.0. The van der Waals surface area contributed by atoms with Crippen molar-refractivity contribution in [2.45, 2.75) is 12.6 Å². The molecule has 1 unspecified atom stereocenters. The highest BCUT2D eigenvalue weighted by atomic mass is 16.6. The summed E-state index contributed by atoms with van der Waals surface area (Å²) in [6.07, 6.45) is -0.702. The topological polar surface area (TPSA) is 62.2 Å². The minimum Gasteiger partial charge on any atom is -0.486 e. The van der Waals surface area contributed by atoms with Crippen molar-refractivity contribution in [2.24, 2.45) is 0 Å². The lowest BCUT2D eigenvalue weighted by atomic mass is 10.2. The van der Waals surface area contributed by atoms with Crippen LogP contribution in [-0.4, -0.2) is 54.6 Å². The average Bonchev–Trinajstić information content (AvgIpc) is 2.38. The zero-order valence-corrected chi connectivity index (χ0v) is 10.5. The minimum atomic E-state index is -0.702. The van der Waals surface area contributed by atoms with E-state index in [0.717, 1.165) is 17.1 Å². The van der Waals surface area contributed by atoms with Crippen molar-refractivity contribution in [2.75, 3.05) is 33.4 Å². The van der Waals surface area contributed by atoms with Gasteiger partial charge in [0.1, 0.15) is 13.2 Å². The summed E-state index contributed by atoms with van der Waals surface area (Å²) in [5, 5.41) is 18.2. The van der Waals surface area contributed by atoms with Gasteiger partial charge in [-0.3, -0.25) is 4.90 Å². The fourth-order valence-electron chi connectivity index (χ4n) is 1.98. The third kappa shape index (κ3) is 3.35. The van der Waals surface area contributed by atoms with Crippen molar-refractivity contribution in [1.29, 1.82) is 0 Å². The van der Waals surface area contributed by atoms with Gasteiger partial charge in [0.05, 0.1) is 12.7 Å². The Morgan fingerprint density at radius 2 is 2.00 bits per heavy atom. The Balaban J connectivity index is 1.97. The summed E-state index contributed by atoms with van der Waals surface area (Å²) < 4.78 is 11.0. The molecule has 1 aliphatic heterocycles. The van der Waals surface area contributed by atoms with Crippen molar-refractivity contribution in [1.82, 2.24) is 4.90 Å². The van der Waals surface area contributed by atoms with Crippen LogP contribution in [0.3, 0.4) is 0 Å². The summed E-state index contributed by atoms with van der Waals surface area (Å²) in [6, 6.07) is 5.84. The Hall–Kier alpha value is -1.30. The van der Waals surface area contributed by atoms with Crippen LogP contribution in [0.2, 0.25) is 0 Å². The maximum atomic E-state index is 9.36. The van der Waals surface area contributed by atoms with Crippen LogP contribution in [0.1, 0.15) is 5.56 Å². The molecule has 5 heteroatoms. The van der Waals surface area contributed by atoms with E-state index in [-0.39, 0.29) is 6.61 Å². The maximum absolute atomic E-state index is 9.36. The molecule has 1 aliphatic rings. The van der Waals surface area contributed by atoms with E-state index in [4.69, 9.17) is 14.6 Å². The van der Waals surface area contributed by atoms with Gasteiger partial charge in [0.15, 0.2) is 11.5 Å². The third-order valence-electron chi connectivity index (χ3n) is 2.79. The maximum Gasteiger partial charge on any atom is 0.161 e. The lowest BCUT2D eigenvalue weighted by Crippen LogP contribution is -2.31. The molecule has 0 saturated carbocycles. The van der Waals surface area contributed by atoms with E-state index in [1.165, 1.54) is 0 Å². The summed E-state index contributed by atoms with van der Waals surface area (Å²) in [7, 11) is 1.90. The fraction of sp³-hybridized carbons (Fsp3) is 0.538. The van der Waals surface area contributed by atoms with Crippen LogP contribution in [0.25, 0.3) is 0 Å². The van der Waals surface area contributed by atoms with Crippen LogP contribution in [0.5, 0.6) is 11.5 Å². The molecule has 1 aromatic carbocycles. The lowest BCUT2D eigenvalue weighted by Gasteiger charge is -2.22. The SMILES string of the molecule is CN(Cc1ccc2c(c1)OCCO2)CC(O)CO. The molecule has 0 fully saturated rings. The number of fused-ring (bicyclic) bond motifs is 1. The first-order chi connectivity index (χ1) is 8.69. The molecule has 18 heavy (non-hydrogen) atoms. The van der Waals surface area contributed by atoms with E-state index in [9.17, 15) is 5.11 Å². The van der Waals surface area contributed by atoms with Crippen LogP contribution < -0.4 is 9.47 Å². The van der Waals surface area contributed by atoms with Crippen molar-refractivity contribution >= 4 is 0 Å². The van der Waals surface area contributed by atoms with Gasteiger partial charge in [0.25, 0.3) is 0 Å². The Morgan fingerprint density at radius 3 is 2.72 bits per heavy atom. The van der Waals surface area contributed by atoms with E-state index in [1.54, 1.807) is 0 Å². The second-order valence-corrected chi connectivity index (χ2v) is 4.51. The molecule has 0 bridgehead atoms. The molecule has 1 aromatic rings. The smallest absolute Gasteiger partial charge is 0.161 e. The number of aliphatic hydroxyl groups is 2. The molecule has 0 amide bonds. The van der Waals surface area contributed by atoms with Crippen LogP contribution in [0, 0.1) is 0 Å². The lowest BCUT2D eigenvalue weighted by molar-refractivity contribution is 0.0647. The number of ether oxygens (including phenoxy) is 2. The molecular formula is C13H19NO4. The second-order valence-electron chi connectivity index (χ2n) is 4.51. The number of likely N-dealkylation sites (N-methyl/N-ethyl adjacent to an activating group) is 1. The van der Waals surface area contributed by atoms with E-state index >= 15 is 0 Å². The van der Waals surface area contributed by atoms with Gasteiger partial charge in [-0.05, 0) is 24.7 Å². The molecule has 0 spiro atoms. The first kappa shape index (κ1) is 13.1. The summed E-state index contributed by atoms with van der Waals surface area (Å²) in [4.78, 5) is 1.95. The van der Waals surface area contributed by atoms with Crippen LogP contribution in [-0.2, 0) is 6.54 Å². The van der Waals surface area contributed by atoms with Crippen molar-refractivity contribution in [3.63, 3.8) is 0 Å². The average molecular weight is 253 g/mol. The largest absolute Gasteiger partial charge is 0.486 e. The van der Waals surface area contributed by atoms with E-state index in [1.807, 2.05) is 30.1 Å². The zero-order valence-electron chi connectivity index (χ0n) is 10.5. The number of hydrogen-bond donors (Lipinski definition) is 2. The molecule has 0 saturated heterocycles. The van der Waals surface area contributed by atoms with E-state index in [0.29, 0.717) is 26.3 Å². The first-order valence-electron chi connectivity index (χ1n) is 6.05. The van der Waals surface area contributed by atoms with Gasteiger partial charge in [0, 0.05) is 13.1 Å². The van der Waals surface area contributed by atoms with Crippen molar-refractivity contribution < 1.29 is 19.7 Å². The molecular weight excluding hydrogens is 234 g/mol. The second kappa shape index (κ2) is 6.04. The van der Waals surface area contributed by atoms with Crippen LogP contribution in [0.15, 0.2) is 18.2 Å². The minimum absolute atomic E-state index is 0.217. The Morgan fingerprint density at radius 1 is 1.28 bits per heavy atom. The number of hydrogen-bond acceptors (Lipinski definition) is 5. The highest BCUT2D eigenvalue weighted by Crippen LogP contribution is 2.30. The number of nitrogens with zero attached hydrogens (tertiary/aromatic N) is 1. The van der Waals surface area contributed by atoms with Crippen molar-refractivity contribution in [3.05, 3.63) is 23.8 Å². The third-order valence-corrected chi connectivity index (χ3v) is 2.79. The van der Waals surface area contributed by atoms with Gasteiger partial charge in [-0.2, -0.15) is 0 Å². The Labute approximate surface area is 107 Å². The molecule has 1 atom stereocenters. The van der Waals surface area contributed by atoms with Gasteiger partial charge in [-0.25, -0.2) is 0 Å². The fourth-order valence-corrected chi connectivity index (χ4v) is 1.98. The van der Waals surface area contributed by atoms with Gasteiger partial charge in [0.2, 0.25) is 0 Å². The predicted octanol–water partition coefficient (Wildman–Crippen LogP) is 0.243. The molecule has 100 valence electrons. The van der Waals surface area contributed by atoms with Gasteiger partial charge in [-0.1, -0.05) is 6.07 Å². The Kier molecular flexibility index (Phi) is 4.41. The van der Waals surface area contributed by atoms with Gasteiger partial charge < -0.3 is 19.7 Å². The first-order valence-corrected chi connectivity index (χ1v) is 6.05. The summed E-state index contributed by atoms with van der Waals surface area (Å²) in [5.74, 6) is 1.55. The molecule has 1 heterocycles. The molecule has 0 aromatic heterocycles.